The van der Waals surface area contributed by atoms with E-state index < -0.39 is 5.82 Å². The van der Waals surface area contributed by atoms with Gasteiger partial charge < -0.3 is 15.0 Å². The van der Waals surface area contributed by atoms with Crippen LogP contribution in [-0.4, -0.2) is 53.7 Å². The summed E-state index contributed by atoms with van der Waals surface area (Å²) in [6, 6.07) is 7.24. The average Bonchev–Trinajstić information content (AvgIpc) is 2.71. The first kappa shape index (κ1) is 22.2. The molecule has 5 rings (SSSR count). The first-order chi connectivity index (χ1) is 15.1. The van der Waals surface area contributed by atoms with Gasteiger partial charge in [0.1, 0.15) is 17.3 Å². The maximum absolute atomic E-state index is 13.5. The number of carbonyl (C=O) groups is 3. The Morgan fingerprint density at radius 1 is 1.22 bits per heavy atom. The van der Waals surface area contributed by atoms with Gasteiger partial charge in [-0.25, -0.2) is 4.39 Å². The van der Waals surface area contributed by atoms with Crippen LogP contribution in [0.15, 0.2) is 36.5 Å². The van der Waals surface area contributed by atoms with Crippen molar-refractivity contribution in [1.82, 2.24) is 15.2 Å². The summed E-state index contributed by atoms with van der Waals surface area (Å²) in [4.78, 5) is 43.1. The Morgan fingerprint density at radius 2 is 1.94 bits per heavy atom. The molecule has 2 amide bonds. The third-order valence-corrected chi connectivity index (χ3v) is 6.36. The quantitative estimate of drug-likeness (QED) is 0.612. The lowest BCUT2D eigenvalue weighted by molar-refractivity contribution is -0.164. The molecule has 1 aromatic heterocycles. The third kappa shape index (κ3) is 4.19. The van der Waals surface area contributed by atoms with Gasteiger partial charge in [0.2, 0.25) is 0 Å². The number of amides is 2. The number of nitrogens with one attached hydrogen (secondary N) is 1. The Hall–Kier alpha value is -3.00. The second-order valence-electron chi connectivity index (χ2n) is 8.92. The molecular formula is C23H23ClFN3O4. The Labute approximate surface area is 189 Å². The molecule has 1 N–H and O–H groups in total. The van der Waals surface area contributed by atoms with Gasteiger partial charge in [0.15, 0.2) is 12.4 Å². The molecule has 3 aliphatic rings. The third-order valence-electron chi connectivity index (χ3n) is 6.05. The van der Waals surface area contributed by atoms with Crippen LogP contribution in [0.1, 0.15) is 46.5 Å². The zero-order chi connectivity index (χ0) is 23.1. The van der Waals surface area contributed by atoms with Crippen LogP contribution in [0.5, 0.6) is 5.75 Å². The Bertz CT molecular complexity index is 1080. The molecule has 0 unspecified atom stereocenters. The molecule has 2 aromatic rings. The summed E-state index contributed by atoms with van der Waals surface area (Å²) in [5.74, 6) is -1.12. The molecule has 0 saturated heterocycles. The molecule has 1 aromatic carbocycles. The number of hydrogen-bond acceptors (Lipinski definition) is 5. The van der Waals surface area contributed by atoms with Crippen LogP contribution in [-0.2, 0) is 4.79 Å². The zero-order valence-electron chi connectivity index (χ0n) is 17.8. The zero-order valence-corrected chi connectivity index (χ0v) is 18.5. The molecule has 1 heterocycles. The number of carbonyl (C=O) groups excluding carboxylic acids is 3. The number of aromatic nitrogens is 1. The van der Waals surface area contributed by atoms with E-state index in [2.05, 4.69) is 10.3 Å². The fourth-order valence-corrected chi connectivity index (χ4v) is 4.95. The van der Waals surface area contributed by atoms with Gasteiger partial charge in [-0.3, -0.25) is 19.4 Å². The van der Waals surface area contributed by atoms with E-state index in [0.717, 1.165) is 6.07 Å². The summed E-state index contributed by atoms with van der Waals surface area (Å²) < 4.78 is 18.8. The number of nitrogens with zero attached hydrogens (tertiary/aromatic N) is 2. The summed E-state index contributed by atoms with van der Waals surface area (Å²) in [7, 11) is 3.26. The maximum Gasteiger partial charge on any atom is 0.258 e. The predicted octanol–water partition coefficient (Wildman–Crippen LogP) is 3.27. The lowest BCUT2D eigenvalue weighted by atomic mass is 9.38. The lowest BCUT2D eigenvalue weighted by Gasteiger charge is -2.70. The second kappa shape index (κ2) is 8.16. The molecule has 3 saturated carbocycles. The van der Waals surface area contributed by atoms with Crippen molar-refractivity contribution in [2.45, 2.75) is 31.2 Å². The van der Waals surface area contributed by atoms with E-state index in [9.17, 15) is 18.8 Å². The van der Waals surface area contributed by atoms with Crippen molar-refractivity contribution in [1.29, 1.82) is 0 Å². The Morgan fingerprint density at radius 3 is 2.59 bits per heavy atom. The van der Waals surface area contributed by atoms with Crippen molar-refractivity contribution in [3.8, 4) is 5.75 Å². The lowest BCUT2D eigenvalue weighted by Crippen LogP contribution is -2.75. The monoisotopic (exact) mass is 459 g/mol. The molecular weight excluding hydrogens is 437 g/mol. The summed E-state index contributed by atoms with van der Waals surface area (Å²) in [5, 5.41) is 2.95. The van der Waals surface area contributed by atoms with Gasteiger partial charge >= 0.3 is 0 Å². The number of rotatable bonds is 8. The van der Waals surface area contributed by atoms with Gasteiger partial charge in [-0.2, -0.15) is 0 Å². The minimum Gasteiger partial charge on any atom is -0.484 e. The Balaban J connectivity index is 1.29. The topological polar surface area (TPSA) is 88.6 Å². The summed E-state index contributed by atoms with van der Waals surface area (Å²) in [6.07, 6.45) is 3.87. The van der Waals surface area contributed by atoms with Crippen LogP contribution < -0.4 is 10.1 Å². The van der Waals surface area contributed by atoms with Crippen molar-refractivity contribution in [2.24, 2.45) is 5.41 Å². The van der Waals surface area contributed by atoms with Crippen molar-refractivity contribution in [3.05, 3.63) is 58.6 Å². The van der Waals surface area contributed by atoms with Gasteiger partial charge in [0.25, 0.3) is 11.8 Å². The number of Topliss-reactive ketones (excluding diaryl/α,β-unsaturated/α-hetero) is 1. The molecule has 7 nitrogen and oxygen atoms in total. The van der Waals surface area contributed by atoms with Crippen molar-refractivity contribution in [2.75, 3.05) is 20.7 Å². The molecule has 3 fully saturated rings. The normalized spacial score (nSPS) is 22.9. The van der Waals surface area contributed by atoms with E-state index >= 15 is 0 Å². The number of hydrogen-bond donors (Lipinski definition) is 1. The van der Waals surface area contributed by atoms with Crippen LogP contribution in [0.2, 0.25) is 5.02 Å². The van der Waals surface area contributed by atoms with Crippen molar-refractivity contribution in [3.63, 3.8) is 0 Å². The molecule has 0 spiro atoms. The molecule has 0 atom stereocenters. The van der Waals surface area contributed by atoms with Gasteiger partial charge in [-0.15, -0.1) is 0 Å². The molecule has 3 aliphatic carbocycles. The highest BCUT2D eigenvalue weighted by Crippen LogP contribution is 2.69. The fourth-order valence-electron chi connectivity index (χ4n) is 4.83. The minimum absolute atomic E-state index is 0.0144. The van der Waals surface area contributed by atoms with E-state index in [1.807, 2.05) is 0 Å². The number of ether oxygens (including phenoxy) is 1. The average molecular weight is 460 g/mol. The van der Waals surface area contributed by atoms with Crippen LogP contribution in [0.25, 0.3) is 0 Å². The molecule has 0 aliphatic heterocycles. The van der Waals surface area contributed by atoms with Gasteiger partial charge in [0, 0.05) is 38.3 Å². The van der Waals surface area contributed by atoms with Crippen LogP contribution in [0.4, 0.5) is 4.39 Å². The molecule has 9 heteroatoms. The van der Waals surface area contributed by atoms with Gasteiger partial charge in [-0.1, -0.05) is 11.6 Å². The minimum atomic E-state index is -0.612. The SMILES string of the molecule is CN(C)C(=O)c1cccnc1C(=O)CC12CC(NC(=O)COc3ccc(Cl)c(F)c3)(C1)C2. The molecule has 168 valence electrons. The van der Waals surface area contributed by atoms with Crippen molar-refractivity contribution >= 4 is 29.2 Å². The van der Waals surface area contributed by atoms with E-state index in [0.29, 0.717) is 24.8 Å². The van der Waals surface area contributed by atoms with E-state index in [4.69, 9.17) is 16.3 Å². The summed E-state index contributed by atoms with van der Waals surface area (Å²) in [6.45, 7) is -0.237. The van der Waals surface area contributed by atoms with E-state index in [-0.39, 0.29) is 58.0 Å². The summed E-state index contributed by atoms with van der Waals surface area (Å²) in [5.41, 5.74) is 0.00396. The van der Waals surface area contributed by atoms with E-state index in [1.165, 1.54) is 23.2 Å². The molecule has 32 heavy (non-hydrogen) atoms. The van der Waals surface area contributed by atoms with Crippen molar-refractivity contribution < 1.29 is 23.5 Å². The number of ketones is 1. The maximum atomic E-state index is 13.5. The highest BCUT2D eigenvalue weighted by atomic mass is 35.5. The summed E-state index contributed by atoms with van der Waals surface area (Å²) >= 11 is 5.63. The first-order valence-corrected chi connectivity index (χ1v) is 10.6. The highest BCUT2D eigenvalue weighted by molar-refractivity contribution is 6.30. The smallest absolute Gasteiger partial charge is 0.258 e. The van der Waals surface area contributed by atoms with Crippen LogP contribution in [0, 0.1) is 11.2 Å². The second-order valence-corrected chi connectivity index (χ2v) is 9.33. The highest BCUT2D eigenvalue weighted by Gasteiger charge is 2.68. The van der Waals surface area contributed by atoms with Gasteiger partial charge in [-0.05, 0) is 48.9 Å². The largest absolute Gasteiger partial charge is 0.484 e. The van der Waals surface area contributed by atoms with Gasteiger partial charge in [0.05, 0.1) is 10.6 Å². The van der Waals surface area contributed by atoms with Crippen LogP contribution >= 0.6 is 11.6 Å². The van der Waals surface area contributed by atoms with Crippen LogP contribution in [0.3, 0.4) is 0 Å². The Kier molecular flexibility index (Phi) is 5.67. The first-order valence-electron chi connectivity index (χ1n) is 10.2. The number of halogens is 2. The number of benzene rings is 1. The standard InChI is InChI=1S/C23H23ClFN3O4/c1-28(2)21(31)15-4-3-7-26-20(15)18(29)9-22-11-23(12-22,13-22)27-19(30)10-32-14-5-6-16(24)17(25)8-14/h3-8H,9-13H2,1-2H3,(H,27,30). The predicted molar refractivity (Wildman–Crippen MR) is 115 cm³/mol. The molecule has 2 bridgehead atoms. The number of pyridine rings is 1. The van der Waals surface area contributed by atoms with E-state index in [1.54, 1.807) is 26.2 Å². The molecule has 0 radical (unpaired) electrons. The fraction of sp³-hybridized carbons (Fsp3) is 0.391.